The number of H-pyrrole nitrogens is 1. The predicted molar refractivity (Wildman–Crippen MR) is 76.9 cm³/mol. The summed E-state index contributed by atoms with van der Waals surface area (Å²) in [6, 6.07) is 9.19. The molecule has 7 heteroatoms. The molecule has 0 spiro atoms. The molecule has 0 atom stereocenters. The minimum atomic E-state index is 0.504. The Morgan fingerprint density at radius 1 is 1.20 bits per heavy atom. The van der Waals surface area contributed by atoms with Crippen molar-refractivity contribution >= 4 is 23.2 Å². The maximum atomic E-state index is 5.96. The Bertz CT molecular complexity index is 739. The van der Waals surface area contributed by atoms with Crippen molar-refractivity contribution in [1.82, 2.24) is 25.4 Å². The Labute approximate surface area is 120 Å². The minimum absolute atomic E-state index is 0.504. The summed E-state index contributed by atoms with van der Waals surface area (Å²) in [5.74, 6) is 1.76. The number of anilines is 2. The summed E-state index contributed by atoms with van der Waals surface area (Å²) in [4.78, 5) is 4.39. The number of nitrogens with one attached hydrogen (secondary N) is 2. The Morgan fingerprint density at radius 2 is 2.10 bits per heavy atom. The van der Waals surface area contributed by atoms with Crippen molar-refractivity contribution < 1.29 is 0 Å². The largest absolute Gasteiger partial charge is 0.322 e. The van der Waals surface area contributed by atoms with Gasteiger partial charge in [-0.05, 0) is 19.1 Å². The van der Waals surface area contributed by atoms with Crippen LogP contribution in [0.25, 0.3) is 11.4 Å². The van der Waals surface area contributed by atoms with Crippen LogP contribution in [0, 0.1) is 6.92 Å². The Hall–Kier alpha value is -2.47. The smallest absolute Gasteiger partial charge is 0.183 e. The third-order valence-corrected chi connectivity index (χ3v) is 2.84. The molecule has 3 rings (SSSR count). The van der Waals surface area contributed by atoms with E-state index in [0.29, 0.717) is 22.5 Å². The lowest BCUT2D eigenvalue weighted by Crippen LogP contribution is -1.99. The van der Waals surface area contributed by atoms with Crippen molar-refractivity contribution in [2.24, 2.45) is 0 Å². The van der Waals surface area contributed by atoms with Gasteiger partial charge in [-0.2, -0.15) is 10.2 Å². The Kier molecular flexibility index (Phi) is 3.30. The van der Waals surface area contributed by atoms with Crippen LogP contribution in [0.1, 0.15) is 5.69 Å². The number of halogens is 1. The normalized spacial score (nSPS) is 10.5. The quantitative estimate of drug-likeness (QED) is 0.774. The van der Waals surface area contributed by atoms with Crippen molar-refractivity contribution in [3.05, 3.63) is 47.2 Å². The zero-order valence-corrected chi connectivity index (χ0v) is 11.4. The number of aromatic amines is 1. The van der Waals surface area contributed by atoms with Crippen LogP contribution in [0.3, 0.4) is 0 Å². The number of rotatable bonds is 3. The van der Waals surface area contributed by atoms with E-state index in [4.69, 9.17) is 11.6 Å². The van der Waals surface area contributed by atoms with Gasteiger partial charge in [0, 0.05) is 22.3 Å². The van der Waals surface area contributed by atoms with Crippen molar-refractivity contribution in [3.8, 4) is 11.4 Å². The fourth-order valence-electron chi connectivity index (χ4n) is 1.73. The van der Waals surface area contributed by atoms with Gasteiger partial charge in [0.25, 0.3) is 0 Å². The molecule has 0 amide bonds. The van der Waals surface area contributed by atoms with Crippen LogP contribution in [0.4, 0.5) is 11.6 Å². The van der Waals surface area contributed by atoms with Crippen molar-refractivity contribution in [2.45, 2.75) is 6.92 Å². The van der Waals surface area contributed by atoms with Crippen LogP contribution >= 0.6 is 11.6 Å². The van der Waals surface area contributed by atoms with E-state index in [1.165, 1.54) is 6.20 Å². The number of benzene rings is 1. The predicted octanol–water partition coefficient (Wildman–Crippen LogP) is 2.97. The molecule has 2 N–H and O–H groups in total. The molecule has 0 bridgehead atoms. The molecule has 0 aliphatic heterocycles. The lowest BCUT2D eigenvalue weighted by molar-refractivity contribution is 0.980. The highest BCUT2D eigenvalue weighted by Gasteiger charge is 2.06. The molecular formula is C13H11ClN6. The van der Waals surface area contributed by atoms with E-state index >= 15 is 0 Å². The number of aromatic nitrogens is 5. The first kappa shape index (κ1) is 12.6. The van der Waals surface area contributed by atoms with Gasteiger partial charge in [-0.3, -0.25) is 5.10 Å². The summed E-state index contributed by atoms with van der Waals surface area (Å²) >= 11 is 5.96. The van der Waals surface area contributed by atoms with Gasteiger partial charge in [0.1, 0.15) is 0 Å². The van der Waals surface area contributed by atoms with E-state index in [9.17, 15) is 0 Å². The molecule has 0 aliphatic rings. The lowest BCUT2D eigenvalue weighted by atomic mass is 10.2. The van der Waals surface area contributed by atoms with Gasteiger partial charge in [0.05, 0.1) is 6.20 Å². The minimum Gasteiger partial charge on any atom is -0.322 e. The molecule has 2 aromatic heterocycles. The van der Waals surface area contributed by atoms with E-state index in [0.717, 1.165) is 11.3 Å². The highest BCUT2D eigenvalue weighted by Crippen LogP contribution is 2.20. The molecule has 0 unspecified atom stereocenters. The average Bonchev–Trinajstić information content (AvgIpc) is 2.84. The van der Waals surface area contributed by atoms with Gasteiger partial charge in [0.2, 0.25) is 0 Å². The van der Waals surface area contributed by atoms with E-state index in [2.05, 4.69) is 30.7 Å². The Balaban J connectivity index is 1.89. The third kappa shape index (κ3) is 2.75. The highest BCUT2D eigenvalue weighted by molar-refractivity contribution is 6.30. The number of hydrogen-bond donors (Lipinski definition) is 2. The first-order valence-electron chi connectivity index (χ1n) is 5.95. The van der Waals surface area contributed by atoms with E-state index in [-0.39, 0.29) is 0 Å². The molecule has 2 heterocycles. The van der Waals surface area contributed by atoms with Gasteiger partial charge in [-0.25, -0.2) is 4.98 Å². The topological polar surface area (TPSA) is 79.4 Å². The Morgan fingerprint density at radius 3 is 2.85 bits per heavy atom. The summed E-state index contributed by atoms with van der Waals surface area (Å²) in [5, 5.41) is 18.6. The van der Waals surface area contributed by atoms with Gasteiger partial charge in [0.15, 0.2) is 17.5 Å². The summed E-state index contributed by atoms with van der Waals surface area (Å²) in [7, 11) is 0. The molecule has 1 aromatic carbocycles. The maximum absolute atomic E-state index is 5.96. The maximum Gasteiger partial charge on any atom is 0.183 e. The van der Waals surface area contributed by atoms with Crippen LogP contribution in [0.2, 0.25) is 5.02 Å². The van der Waals surface area contributed by atoms with Crippen molar-refractivity contribution in [3.63, 3.8) is 0 Å². The summed E-state index contributed by atoms with van der Waals surface area (Å²) < 4.78 is 0. The van der Waals surface area contributed by atoms with Crippen LogP contribution < -0.4 is 5.32 Å². The van der Waals surface area contributed by atoms with E-state index < -0.39 is 0 Å². The monoisotopic (exact) mass is 286 g/mol. The van der Waals surface area contributed by atoms with Crippen molar-refractivity contribution in [2.75, 3.05) is 5.32 Å². The zero-order chi connectivity index (χ0) is 13.9. The molecule has 0 fully saturated rings. The molecule has 3 aromatic rings. The van der Waals surface area contributed by atoms with Crippen LogP contribution in [-0.2, 0) is 0 Å². The molecule has 20 heavy (non-hydrogen) atoms. The first-order chi connectivity index (χ1) is 9.70. The molecule has 0 radical (unpaired) electrons. The summed E-state index contributed by atoms with van der Waals surface area (Å²) in [6.45, 7) is 1.92. The highest BCUT2D eigenvalue weighted by atomic mass is 35.5. The second-order valence-electron chi connectivity index (χ2n) is 4.24. The van der Waals surface area contributed by atoms with Crippen molar-refractivity contribution in [1.29, 1.82) is 0 Å². The molecule has 0 saturated carbocycles. The number of aryl methyl sites for hydroxylation is 1. The van der Waals surface area contributed by atoms with Gasteiger partial charge < -0.3 is 5.32 Å². The first-order valence-corrected chi connectivity index (χ1v) is 6.33. The van der Waals surface area contributed by atoms with Gasteiger partial charge >= 0.3 is 0 Å². The van der Waals surface area contributed by atoms with E-state index in [1.54, 1.807) is 12.1 Å². The average molecular weight is 287 g/mol. The SMILES string of the molecule is Cc1cc(Nc2cnnc(-c3cccc(Cl)c3)n2)n[nH]1. The molecule has 100 valence electrons. The van der Waals surface area contributed by atoms with Crippen LogP contribution in [0.15, 0.2) is 36.5 Å². The number of hydrogen-bond acceptors (Lipinski definition) is 5. The second-order valence-corrected chi connectivity index (χ2v) is 4.67. The standard InChI is InChI=1S/C13H11ClN6/c1-8-5-11(19-18-8)16-12-7-15-20-13(17-12)9-3-2-4-10(14)6-9/h2-7H,1H3,(H2,16,17,18,19,20). The van der Waals surface area contributed by atoms with E-state index in [1.807, 2.05) is 25.1 Å². The fourth-order valence-corrected chi connectivity index (χ4v) is 1.92. The second kappa shape index (κ2) is 5.26. The molecular weight excluding hydrogens is 276 g/mol. The van der Waals surface area contributed by atoms with Gasteiger partial charge in [-0.1, -0.05) is 23.7 Å². The lowest BCUT2D eigenvalue weighted by Gasteiger charge is -2.03. The summed E-state index contributed by atoms with van der Waals surface area (Å²) in [5.41, 5.74) is 1.77. The summed E-state index contributed by atoms with van der Waals surface area (Å²) in [6.07, 6.45) is 1.54. The van der Waals surface area contributed by atoms with Crippen LogP contribution in [-0.4, -0.2) is 25.4 Å². The third-order valence-electron chi connectivity index (χ3n) is 2.60. The van der Waals surface area contributed by atoms with Crippen LogP contribution in [0.5, 0.6) is 0 Å². The number of nitrogens with zero attached hydrogens (tertiary/aromatic N) is 4. The fraction of sp³-hybridized carbons (Fsp3) is 0.0769. The molecule has 0 saturated heterocycles. The molecule has 0 aliphatic carbocycles. The molecule has 6 nitrogen and oxygen atoms in total. The zero-order valence-electron chi connectivity index (χ0n) is 10.6. The van der Waals surface area contributed by atoms with Gasteiger partial charge in [-0.15, -0.1) is 5.10 Å².